The average Bonchev–Trinajstić information content (AvgIpc) is 2.55. The lowest BCUT2D eigenvalue weighted by atomic mass is 9.99. The topological polar surface area (TPSA) is 32.7 Å². The molecule has 22 heavy (non-hydrogen) atoms. The maximum atomic E-state index is 10.2. The van der Waals surface area contributed by atoms with Crippen LogP contribution in [-0.2, 0) is 0 Å². The molecule has 0 spiro atoms. The zero-order valence-electron chi connectivity index (χ0n) is 13.2. The Morgan fingerprint density at radius 2 is 1.86 bits per heavy atom. The number of nitrogens with zero attached hydrogens (tertiary/aromatic N) is 1. The van der Waals surface area contributed by atoms with Gasteiger partial charge in [0, 0.05) is 11.9 Å². The Bertz CT molecular complexity index is 600. The van der Waals surface area contributed by atoms with E-state index >= 15 is 0 Å². The minimum Gasteiger partial charge on any atom is -0.490 e. The monoisotopic (exact) mass is 299 g/mol. The van der Waals surface area contributed by atoms with Crippen LogP contribution in [0.4, 0.5) is 0 Å². The van der Waals surface area contributed by atoms with Gasteiger partial charge in [0.2, 0.25) is 0 Å². The lowest BCUT2D eigenvalue weighted by Gasteiger charge is -2.31. The van der Waals surface area contributed by atoms with Gasteiger partial charge >= 0.3 is 0 Å². The van der Waals surface area contributed by atoms with Crippen LogP contribution < -0.4 is 4.74 Å². The number of benzene rings is 2. The summed E-state index contributed by atoms with van der Waals surface area (Å²) in [4.78, 5) is 2.34. The minimum absolute atomic E-state index is 0.347. The molecule has 2 aromatic rings. The van der Waals surface area contributed by atoms with Gasteiger partial charge in [-0.25, -0.2) is 0 Å². The summed E-state index contributed by atoms with van der Waals surface area (Å²) in [5.74, 6) is 1.67. The number of likely N-dealkylation sites (tertiary alicyclic amines) is 1. The number of hydrogen-bond acceptors (Lipinski definition) is 3. The summed E-state index contributed by atoms with van der Waals surface area (Å²) in [7, 11) is 0. The van der Waals surface area contributed by atoms with Crippen molar-refractivity contribution in [2.24, 2.45) is 5.92 Å². The van der Waals surface area contributed by atoms with Gasteiger partial charge in [-0.1, -0.05) is 43.3 Å². The number of rotatable bonds is 5. The maximum absolute atomic E-state index is 10.2. The Morgan fingerprint density at radius 3 is 2.68 bits per heavy atom. The number of aliphatic hydroxyl groups excluding tert-OH is 1. The van der Waals surface area contributed by atoms with E-state index in [1.165, 1.54) is 18.2 Å². The first-order valence-corrected chi connectivity index (χ1v) is 8.23. The van der Waals surface area contributed by atoms with Crippen molar-refractivity contribution < 1.29 is 9.84 Å². The molecule has 0 amide bonds. The third-order valence-corrected chi connectivity index (χ3v) is 4.53. The Hall–Kier alpha value is -1.58. The molecule has 0 radical (unpaired) electrons. The minimum atomic E-state index is -0.438. The van der Waals surface area contributed by atoms with Crippen molar-refractivity contribution in [1.82, 2.24) is 4.90 Å². The molecule has 1 unspecified atom stereocenters. The normalized spacial score (nSPS) is 18.5. The highest BCUT2D eigenvalue weighted by atomic mass is 16.5. The van der Waals surface area contributed by atoms with E-state index in [0.29, 0.717) is 13.2 Å². The zero-order chi connectivity index (χ0) is 15.4. The van der Waals surface area contributed by atoms with Crippen molar-refractivity contribution >= 4 is 10.8 Å². The predicted octanol–water partition coefficient (Wildman–Crippen LogP) is 3.31. The van der Waals surface area contributed by atoms with Gasteiger partial charge in [0.05, 0.1) is 0 Å². The Morgan fingerprint density at radius 1 is 1.14 bits per heavy atom. The molecule has 0 aliphatic carbocycles. The van der Waals surface area contributed by atoms with Gasteiger partial charge in [-0.15, -0.1) is 0 Å². The number of fused-ring (bicyclic) bond motifs is 1. The van der Waals surface area contributed by atoms with Crippen LogP contribution in [0.2, 0.25) is 0 Å². The molecule has 1 N–H and O–H groups in total. The van der Waals surface area contributed by atoms with E-state index in [4.69, 9.17) is 4.74 Å². The lowest BCUT2D eigenvalue weighted by molar-refractivity contribution is 0.0567. The molecule has 3 rings (SSSR count). The van der Waals surface area contributed by atoms with E-state index in [9.17, 15) is 5.11 Å². The summed E-state index contributed by atoms with van der Waals surface area (Å²) >= 11 is 0. The fourth-order valence-electron chi connectivity index (χ4n) is 3.10. The van der Waals surface area contributed by atoms with Crippen LogP contribution >= 0.6 is 0 Å². The highest BCUT2D eigenvalue weighted by Gasteiger charge is 2.18. The second-order valence-corrected chi connectivity index (χ2v) is 6.43. The van der Waals surface area contributed by atoms with Gasteiger partial charge in [0.15, 0.2) is 0 Å². The molecular formula is C19H25NO2. The number of β-amino-alcohol motifs (C(OH)–C–C–N with tert-alkyl or cyclic N) is 1. The summed E-state index contributed by atoms with van der Waals surface area (Å²) in [6, 6.07) is 14.2. The molecule has 1 saturated heterocycles. The molecule has 0 bridgehead atoms. The molecular weight excluding hydrogens is 274 g/mol. The molecule has 3 heteroatoms. The van der Waals surface area contributed by atoms with Crippen molar-refractivity contribution in [3.63, 3.8) is 0 Å². The molecule has 1 aliphatic heterocycles. The third kappa shape index (κ3) is 3.79. The molecule has 118 valence electrons. The smallest absolute Gasteiger partial charge is 0.127 e. The Balaban J connectivity index is 1.55. The first-order chi connectivity index (χ1) is 10.7. The number of ether oxygens (including phenoxy) is 1. The van der Waals surface area contributed by atoms with Crippen LogP contribution in [0, 0.1) is 5.92 Å². The summed E-state index contributed by atoms with van der Waals surface area (Å²) in [5.41, 5.74) is 0. The summed E-state index contributed by atoms with van der Waals surface area (Å²) < 4.78 is 5.87. The highest BCUT2D eigenvalue weighted by Crippen LogP contribution is 2.25. The van der Waals surface area contributed by atoms with E-state index < -0.39 is 6.10 Å². The van der Waals surface area contributed by atoms with Gasteiger partial charge in [0.1, 0.15) is 18.5 Å². The Labute approximate surface area is 132 Å². The van der Waals surface area contributed by atoms with Gasteiger partial charge in [0.25, 0.3) is 0 Å². The SMILES string of the molecule is CC1CCN(CC(O)COc2cccc3ccccc23)CC1. The largest absolute Gasteiger partial charge is 0.490 e. The summed E-state index contributed by atoms with van der Waals surface area (Å²) in [6.07, 6.45) is 2.03. The van der Waals surface area contributed by atoms with Crippen LogP contribution in [-0.4, -0.2) is 42.4 Å². The molecule has 1 atom stereocenters. The van der Waals surface area contributed by atoms with Crippen molar-refractivity contribution in [1.29, 1.82) is 0 Å². The summed E-state index contributed by atoms with van der Waals surface area (Å²) in [6.45, 7) is 5.54. The highest BCUT2D eigenvalue weighted by molar-refractivity contribution is 5.88. The van der Waals surface area contributed by atoms with Crippen molar-refractivity contribution in [3.05, 3.63) is 42.5 Å². The first-order valence-electron chi connectivity index (χ1n) is 8.23. The molecule has 0 aromatic heterocycles. The third-order valence-electron chi connectivity index (χ3n) is 4.53. The molecule has 0 saturated carbocycles. The molecule has 3 nitrogen and oxygen atoms in total. The number of hydrogen-bond donors (Lipinski definition) is 1. The summed E-state index contributed by atoms with van der Waals surface area (Å²) in [5, 5.41) is 12.5. The fraction of sp³-hybridized carbons (Fsp3) is 0.474. The average molecular weight is 299 g/mol. The van der Waals surface area contributed by atoms with Crippen LogP contribution in [0.1, 0.15) is 19.8 Å². The predicted molar refractivity (Wildman–Crippen MR) is 90.3 cm³/mol. The second kappa shape index (κ2) is 7.12. The van der Waals surface area contributed by atoms with E-state index in [1.54, 1.807) is 0 Å². The van der Waals surface area contributed by atoms with E-state index in [-0.39, 0.29) is 0 Å². The first kappa shape index (κ1) is 15.3. The van der Waals surface area contributed by atoms with Crippen LogP contribution in [0.15, 0.2) is 42.5 Å². The molecule has 1 heterocycles. The molecule has 2 aromatic carbocycles. The van der Waals surface area contributed by atoms with Gasteiger partial charge in [-0.3, -0.25) is 0 Å². The van der Waals surface area contributed by atoms with Crippen LogP contribution in [0.25, 0.3) is 10.8 Å². The standard InChI is InChI=1S/C19H25NO2/c1-15-9-11-20(12-10-15)13-17(21)14-22-19-8-4-6-16-5-2-3-7-18(16)19/h2-8,15,17,21H,9-14H2,1H3. The van der Waals surface area contributed by atoms with Gasteiger partial charge < -0.3 is 14.7 Å². The van der Waals surface area contributed by atoms with Crippen LogP contribution in [0.5, 0.6) is 5.75 Å². The lowest BCUT2D eigenvalue weighted by Crippen LogP contribution is -2.40. The van der Waals surface area contributed by atoms with Crippen molar-refractivity contribution in [2.45, 2.75) is 25.9 Å². The zero-order valence-corrected chi connectivity index (χ0v) is 13.2. The van der Waals surface area contributed by atoms with Crippen molar-refractivity contribution in [2.75, 3.05) is 26.2 Å². The van der Waals surface area contributed by atoms with Crippen LogP contribution in [0.3, 0.4) is 0 Å². The van der Waals surface area contributed by atoms with Gasteiger partial charge in [-0.2, -0.15) is 0 Å². The van der Waals surface area contributed by atoms with E-state index in [2.05, 4.69) is 30.0 Å². The molecule has 1 fully saturated rings. The van der Waals surface area contributed by atoms with E-state index in [1.807, 2.05) is 24.3 Å². The number of piperidine rings is 1. The maximum Gasteiger partial charge on any atom is 0.127 e. The number of aliphatic hydroxyl groups is 1. The molecule has 1 aliphatic rings. The second-order valence-electron chi connectivity index (χ2n) is 6.43. The fourth-order valence-corrected chi connectivity index (χ4v) is 3.10. The quantitative estimate of drug-likeness (QED) is 0.919. The van der Waals surface area contributed by atoms with E-state index in [0.717, 1.165) is 30.1 Å². The Kier molecular flexibility index (Phi) is 4.96. The van der Waals surface area contributed by atoms with Crippen molar-refractivity contribution in [3.8, 4) is 5.75 Å². The van der Waals surface area contributed by atoms with Gasteiger partial charge in [-0.05, 0) is 43.3 Å².